The molecule has 14 heavy (non-hydrogen) atoms. The lowest BCUT2D eigenvalue weighted by Gasteiger charge is -2.12. The second-order valence-corrected chi connectivity index (χ2v) is 3.76. The summed E-state index contributed by atoms with van der Waals surface area (Å²) >= 11 is 3.14. The summed E-state index contributed by atoms with van der Waals surface area (Å²) in [5, 5.41) is 9.35. The van der Waals surface area contributed by atoms with E-state index in [9.17, 15) is 9.50 Å². The fourth-order valence-electron chi connectivity index (χ4n) is 1.09. The highest BCUT2D eigenvalue weighted by Crippen LogP contribution is 2.30. The number of benzene rings is 1. The van der Waals surface area contributed by atoms with Gasteiger partial charge in [0.1, 0.15) is 0 Å². The summed E-state index contributed by atoms with van der Waals surface area (Å²) in [6.45, 7) is 1.88. The van der Waals surface area contributed by atoms with Gasteiger partial charge < -0.3 is 10.8 Å². The van der Waals surface area contributed by atoms with E-state index < -0.39 is 5.82 Å². The Hall–Kier alpha value is -0.320. The van der Waals surface area contributed by atoms with Crippen molar-refractivity contribution in [2.45, 2.75) is 19.4 Å². The summed E-state index contributed by atoms with van der Waals surface area (Å²) in [6, 6.07) is 2.51. The molecule has 0 aliphatic heterocycles. The highest BCUT2D eigenvalue weighted by molar-refractivity contribution is 9.10. The van der Waals surface area contributed by atoms with Crippen LogP contribution in [0.1, 0.15) is 24.9 Å². The van der Waals surface area contributed by atoms with Gasteiger partial charge in [0.15, 0.2) is 11.6 Å². The second-order valence-electron chi connectivity index (χ2n) is 2.84. The zero-order chi connectivity index (χ0) is 10.0. The normalized spacial score (nSPS) is 12.0. The van der Waals surface area contributed by atoms with Crippen LogP contribution in [0.25, 0.3) is 0 Å². The standard InChI is InChI=1S/C9H11BrFNO.ClH/c1-2-8(12)6-3-5(10)4-7(11)9(6)13;/h3-4,8,13H,2,12H2,1H3;1H/t8-;/m1./s1. The maximum Gasteiger partial charge on any atom is 0.166 e. The number of phenolic OH excluding ortho intramolecular Hbond substituents is 1. The predicted molar refractivity (Wildman–Crippen MR) is 60.2 cm³/mol. The van der Waals surface area contributed by atoms with Crippen molar-refractivity contribution >= 4 is 28.3 Å². The van der Waals surface area contributed by atoms with E-state index in [0.29, 0.717) is 16.5 Å². The Labute approximate surface area is 96.8 Å². The quantitative estimate of drug-likeness (QED) is 0.876. The Morgan fingerprint density at radius 1 is 1.57 bits per heavy atom. The van der Waals surface area contributed by atoms with Crippen LogP contribution in [0.4, 0.5) is 4.39 Å². The Morgan fingerprint density at radius 2 is 2.14 bits per heavy atom. The van der Waals surface area contributed by atoms with Crippen LogP contribution in [0, 0.1) is 5.82 Å². The zero-order valence-corrected chi connectivity index (χ0v) is 10.0. The molecule has 0 fully saturated rings. The number of phenols is 1. The number of halogens is 3. The Kier molecular flexibility index (Phi) is 5.41. The topological polar surface area (TPSA) is 46.2 Å². The third-order valence-corrected chi connectivity index (χ3v) is 2.35. The molecule has 1 rings (SSSR count). The lowest BCUT2D eigenvalue weighted by atomic mass is 10.0. The van der Waals surface area contributed by atoms with Gasteiger partial charge >= 0.3 is 0 Å². The zero-order valence-electron chi connectivity index (χ0n) is 7.63. The van der Waals surface area contributed by atoms with Crippen molar-refractivity contribution in [3.8, 4) is 5.75 Å². The molecule has 0 aliphatic carbocycles. The SMILES string of the molecule is CC[C@@H](N)c1cc(Br)cc(F)c1O.Cl. The number of hydrogen-bond acceptors (Lipinski definition) is 2. The van der Waals surface area contributed by atoms with Crippen molar-refractivity contribution in [1.82, 2.24) is 0 Å². The van der Waals surface area contributed by atoms with Crippen molar-refractivity contribution in [3.63, 3.8) is 0 Å². The van der Waals surface area contributed by atoms with E-state index in [2.05, 4.69) is 15.9 Å². The van der Waals surface area contributed by atoms with Crippen LogP contribution in [0.2, 0.25) is 0 Å². The van der Waals surface area contributed by atoms with Crippen LogP contribution in [-0.2, 0) is 0 Å². The lowest BCUT2D eigenvalue weighted by Crippen LogP contribution is -2.09. The van der Waals surface area contributed by atoms with Gasteiger partial charge in [-0.1, -0.05) is 22.9 Å². The van der Waals surface area contributed by atoms with Crippen molar-refractivity contribution in [2.24, 2.45) is 5.73 Å². The lowest BCUT2D eigenvalue weighted by molar-refractivity contribution is 0.419. The monoisotopic (exact) mass is 283 g/mol. The predicted octanol–water partition coefficient (Wildman–Crippen LogP) is 3.13. The molecule has 0 unspecified atom stereocenters. The summed E-state index contributed by atoms with van der Waals surface area (Å²) < 4.78 is 13.6. The Balaban J connectivity index is 0.00000169. The van der Waals surface area contributed by atoms with Gasteiger partial charge in [-0.15, -0.1) is 12.4 Å². The fraction of sp³-hybridized carbons (Fsp3) is 0.333. The second kappa shape index (κ2) is 5.53. The van der Waals surface area contributed by atoms with Gasteiger partial charge in [-0.3, -0.25) is 0 Å². The minimum Gasteiger partial charge on any atom is -0.505 e. The maximum absolute atomic E-state index is 13.0. The molecule has 0 bridgehead atoms. The number of rotatable bonds is 2. The van der Waals surface area contributed by atoms with E-state index >= 15 is 0 Å². The van der Waals surface area contributed by atoms with E-state index in [0.717, 1.165) is 0 Å². The minimum atomic E-state index is -0.645. The molecule has 1 aromatic rings. The number of nitrogens with two attached hydrogens (primary N) is 1. The van der Waals surface area contributed by atoms with Crippen LogP contribution >= 0.6 is 28.3 Å². The summed E-state index contributed by atoms with van der Waals surface area (Å²) in [6.07, 6.45) is 0.656. The molecule has 0 saturated heterocycles. The van der Waals surface area contributed by atoms with Gasteiger partial charge in [-0.05, 0) is 18.6 Å². The maximum atomic E-state index is 13.0. The first kappa shape index (κ1) is 13.7. The number of aromatic hydroxyl groups is 1. The van der Waals surface area contributed by atoms with Crippen molar-refractivity contribution < 1.29 is 9.50 Å². The van der Waals surface area contributed by atoms with E-state index in [1.54, 1.807) is 6.07 Å². The molecule has 0 aliphatic rings. The Bertz CT molecular complexity index is 322. The molecule has 0 spiro atoms. The average Bonchev–Trinajstić information content (AvgIpc) is 2.10. The fourth-order valence-corrected chi connectivity index (χ4v) is 1.54. The van der Waals surface area contributed by atoms with Gasteiger partial charge in [0.25, 0.3) is 0 Å². The molecule has 2 nitrogen and oxygen atoms in total. The molecular weight excluding hydrogens is 272 g/mol. The van der Waals surface area contributed by atoms with Gasteiger partial charge in [-0.25, -0.2) is 4.39 Å². The first-order valence-electron chi connectivity index (χ1n) is 3.99. The third-order valence-electron chi connectivity index (χ3n) is 1.90. The van der Waals surface area contributed by atoms with Gasteiger partial charge in [0.2, 0.25) is 0 Å². The van der Waals surface area contributed by atoms with E-state index in [4.69, 9.17) is 5.73 Å². The molecule has 0 heterocycles. The molecule has 1 atom stereocenters. The average molecular weight is 285 g/mol. The van der Waals surface area contributed by atoms with Crippen LogP contribution in [0.5, 0.6) is 5.75 Å². The van der Waals surface area contributed by atoms with E-state index in [-0.39, 0.29) is 24.2 Å². The summed E-state index contributed by atoms with van der Waals surface area (Å²) in [4.78, 5) is 0. The largest absolute Gasteiger partial charge is 0.505 e. The molecule has 0 amide bonds. The summed E-state index contributed by atoms with van der Waals surface area (Å²) in [5.41, 5.74) is 6.12. The molecule has 0 radical (unpaired) electrons. The molecule has 0 saturated carbocycles. The van der Waals surface area contributed by atoms with Crippen molar-refractivity contribution in [1.29, 1.82) is 0 Å². The molecule has 80 valence electrons. The van der Waals surface area contributed by atoms with Gasteiger partial charge in [0, 0.05) is 16.1 Å². The van der Waals surface area contributed by atoms with E-state index in [1.807, 2.05) is 6.92 Å². The minimum absolute atomic E-state index is 0. The van der Waals surface area contributed by atoms with Crippen LogP contribution < -0.4 is 5.73 Å². The van der Waals surface area contributed by atoms with Crippen LogP contribution in [-0.4, -0.2) is 5.11 Å². The van der Waals surface area contributed by atoms with Crippen LogP contribution in [0.15, 0.2) is 16.6 Å². The molecular formula is C9H12BrClFNO. The van der Waals surface area contributed by atoms with Gasteiger partial charge in [0.05, 0.1) is 0 Å². The third kappa shape index (κ3) is 2.83. The Morgan fingerprint density at radius 3 is 2.64 bits per heavy atom. The molecule has 5 heteroatoms. The molecule has 0 aromatic heterocycles. The van der Waals surface area contributed by atoms with Crippen molar-refractivity contribution in [3.05, 3.63) is 28.0 Å². The van der Waals surface area contributed by atoms with E-state index in [1.165, 1.54) is 6.07 Å². The molecule has 1 aromatic carbocycles. The smallest absolute Gasteiger partial charge is 0.166 e. The first-order chi connectivity index (χ1) is 6.06. The number of hydrogen-bond donors (Lipinski definition) is 2. The van der Waals surface area contributed by atoms with Crippen molar-refractivity contribution in [2.75, 3.05) is 0 Å². The van der Waals surface area contributed by atoms with Gasteiger partial charge in [-0.2, -0.15) is 0 Å². The molecule has 3 N–H and O–H groups in total. The highest BCUT2D eigenvalue weighted by atomic mass is 79.9. The summed E-state index contributed by atoms with van der Waals surface area (Å²) in [7, 11) is 0. The van der Waals surface area contributed by atoms with Crippen LogP contribution in [0.3, 0.4) is 0 Å². The first-order valence-corrected chi connectivity index (χ1v) is 4.79. The highest BCUT2D eigenvalue weighted by Gasteiger charge is 2.13. The summed E-state index contributed by atoms with van der Waals surface area (Å²) in [5.74, 6) is -0.995.